The number of rotatable bonds is 3. The highest BCUT2D eigenvalue weighted by molar-refractivity contribution is 6.32. The lowest BCUT2D eigenvalue weighted by Gasteiger charge is -2.05. The molecule has 0 saturated heterocycles. The van der Waals surface area contributed by atoms with Gasteiger partial charge in [-0.2, -0.15) is 5.26 Å². The van der Waals surface area contributed by atoms with Crippen molar-refractivity contribution in [1.82, 2.24) is 0 Å². The van der Waals surface area contributed by atoms with Crippen molar-refractivity contribution in [2.75, 3.05) is 5.32 Å². The molecule has 1 N–H and O–H groups in total. The van der Waals surface area contributed by atoms with Gasteiger partial charge in [-0.1, -0.05) is 11.6 Å². The molecule has 3 nitrogen and oxygen atoms in total. The van der Waals surface area contributed by atoms with E-state index in [1.807, 2.05) is 6.07 Å². The molecule has 1 aromatic carbocycles. The lowest BCUT2D eigenvalue weighted by Crippen LogP contribution is -1.98. The maximum absolute atomic E-state index is 8.74. The molecule has 1 heterocycles. The first-order valence-electron chi connectivity index (χ1n) is 4.87. The molecular weight excluding hydrogens is 259 g/mol. The standard InChI is InChI=1S/C12H8Cl2N2O/c13-11-5-9(2-1-8(11)6-15)16-7-10-3-4-12(14)17-10/h1-5,16H,7H2. The van der Waals surface area contributed by atoms with E-state index >= 15 is 0 Å². The Labute approximate surface area is 109 Å². The third-order valence-electron chi connectivity index (χ3n) is 2.19. The molecule has 5 heteroatoms. The van der Waals surface area contributed by atoms with Crippen LogP contribution in [0, 0.1) is 11.3 Å². The van der Waals surface area contributed by atoms with Crippen LogP contribution in [0.1, 0.15) is 11.3 Å². The largest absolute Gasteiger partial charge is 0.448 e. The van der Waals surface area contributed by atoms with E-state index in [1.165, 1.54) is 0 Å². The summed E-state index contributed by atoms with van der Waals surface area (Å²) in [5.41, 5.74) is 1.28. The number of nitrogens with zero attached hydrogens (tertiary/aromatic N) is 1. The minimum absolute atomic E-state index is 0.361. The van der Waals surface area contributed by atoms with E-state index in [1.54, 1.807) is 30.3 Å². The van der Waals surface area contributed by atoms with Gasteiger partial charge in [0, 0.05) is 5.69 Å². The molecule has 0 spiro atoms. The van der Waals surface area contributed by atoms with Crippen molar-refractivity contribution in [3.8, 4) is 6.07 Å². The summed E-state index contributed by atoms with van der Waals surface area (Å²) < 4.78 is 5.20. The van der Waals surface area contributed by atoms with Crippen molar-refractivity contribution in [3.63, 3.8) is 0 Å². The molecule has 0 radical (unpaired) electrons. The second kappa shape index (κ2) is 5.13. The van der Waals surface area contributed by atoms with Gasteiger partial charge >= 0.3 is 0 Å². The second-order valence-corrected chi connectivity index (χ2v) is 4.15. The van der Waals surface area contributed by atoms with Gasteiger partial charge < -0.3 is 9.73 Å². The molecule has 0 unspecified atom stereocenters. The molecule has 2 rings (SSSR count). The highest BCUT2D eigenvalue weighted by atomic mass is 35.5. The van der Waals surface area contributed by atoms with Crippen molar-refractivity contribution in [2.45, 2.75) is 6.54 Å². The number of benzene rings is 1. The number of hydrogen-bond acceptors (Lipinski definition) is 3. The van der Waals surface area contributed by atoms with Gasteiger partial charge in [0.25, 0.3) is 0 Å². The molecule has 0 amide bonds. The van der Waals surface area contributed by atoms with Crippen LogP contribution in [0.3, 0.4) is 0 Å². The van der Waals surface area contributed by atoms with Gasteiger partial charge in [0.15, 0.2) is 5.22 Å². The SMILES string of the molecule is N#Cc1ccc(NCc2ccc(Cl)o2)cc1Cl. The van der Waals surface area contributed by atoms with Gasteiger partial charge in [-0.05, 0) is 41.9 Å². The molecule has 0 saturated carbocycles. The fraction of sp³-hybridized carbons (Fsp3) is 0.0833. The van der Waals surface area contributed by atoms with Crippen LogP contribution in [0.5, 0.6) is 0 Å². The maximum atomic E-state index is 8.74. The zero-order valence-corrected chi connectivity index (χ0v) is 10.2. The summed E-state index contributed by atoms with van der Waals surface area (Å²) in [7, 11) is 0. The molecule has 86 valence electrons. The Kier molecular flexibility index (Phi) is 3.58. The fourth-order valence-corrected chi connectivity index (χ4v) is 1.74. The first-order valence-corrected chi connectivity index (χ1v) is 5.62. The summed E-state index contributed by atoms with van der Waals surface area (Å²) in [5, 5.41) is 12.6. The van der Waals surface area contributed by atoms with Crippen molar-refractivity contribution >= 4 is 28.9 Å². The summed E-state index contributed by atoms with van der Waals surface area (Å²) in [6, 6.07) is 10.6. The summed E-state index contributed by atoms with van der Waals surface area (Å²) in [4.78, 5) is 0. The second-order valence-electron chi connectivity index (χ2n) is 3.37. The average molecular weight is 267 g/mol. The normalized spacial score (nSPS) is 9.94. The molecule has 1 aromatic heterocycles. The van der Waals surface area contributed by atoms with E-state index in [9.17, 15) is 0 Å². The fourth-order valence-electron chi connectivity index (χ4n) is 1.35. The first-order chi connectivity index (χ1) is 8.19. The van der Waals surface area contributed by atoms with Crippen LogP contribution in [0.2, 0.25) is 10.2 Å². The highest BCUT2D eigenvalue weighted by Crippen LogP contribution is 2.21. The molecule has 0 aliphatic rings. The van der Waals surface area contributed by atoms with Gasteiger partial charge in [-0.25, -0.2) is 0 Å². The predicted molar refractivity (Wildman–Crippen MR) is 67.2 cm³/mol. The summed E-state index contributed by atoms with van der Waals surface area (Å²) >= 11 is 11.6. The van der Waals surface area contributed by atoms with Gasteiger partial charge in [0.2, 0.25) is 0 Å². The number of hydrogen-bond donors (Lipinski definition) is 1. The van der Waals surface area contributed by atoms with E-state index in [0.29, 0.717) is 22.4 Å². The zero-order valence-electron chi connectivity index (χ0n) is 8.71. The van der Waals surface area contributed by atoms with Gasteiger partial charge in [-0.3, -0.25) is 0 Å². The molecular formula is C12H8Cl2N2O. The van der Waals surface area contributed by atoms with E-state index in [4.69, 9.17) is 32.9 Å². The van der Waals surface area contributed by atoms with Crippen LogP contribution in [-0.4, -0.2) is 0 Å². The minimum atomic E-state index is 0.361. The van der Waals surface area contributed by atoms with Crippen molar-refractivity contribution < 1.29 is 4.42 Å². The van der Waals surface area contributed by atoms with Crippen molar-refractivity contribution in [2.24, 2.45) is 0 Å². The smallest absolute Gasteiger partial charge is 0.193 e. The quantitative estimate of drug-likeness (QED) is 0.911. The zero-order chi connectivity index (χ0) is 12.3. The number of halogens is 2. The Morgan fingerprint density at radius 2 is 2.06 bits per heavy atom. The van der Waals surface area contributed by atoms with Crippen LogP contribution < -0.4 is 5.32 Å². The first kappa shape index (κ1) is 11.8. The molecule has 0 fully saturated rings. The van der Waals surface area contributed by atoms with Crippen LogP contribution in [0.4, 0.5) is 5.69 Å². The molecule has 0 atom stereocenters. The maximum Gasteiger partial charge on any atom is 0.193 e. The van der Waals surface area contributed by atoms with Crippen LogP contribution in [-0.2, 0) is 6.54 Å². The lowest BCUT2D eigenvalue weighted by atomic mass is 10.2. The third kappa shape index (κ3) is 2.94. The monoisotopic (exact) mass is 266 g/mol. The summed E-state index contributed by atoms with van der Waals surface area (Å²) in [6.45, 7) is 0.509. The Hall–Kier alpha value is -1.63. The van der Waals surface area contributed by atoms with Crippen molar-refractivity contribution in [1.29, 1.82) is 5.26 Å². The Morgan fingerprint density at radius 1 is 1.24 bits per heavy atom. The third-order valence-corrected chi connectivity index (χ3v) is 2.70. The van der Waals surface area contributed by atoms with E-state index in [0.717, 1.165) is 11.4 Å². The van der Waals surface area contributed by atoms with Crippen LogP contribution in [0.15, 0.2) is 34.7 Å². The highest BCUT2D eigenvalue weighted by Gasteiger charge is 2.02. The Bertz CT molecular complexity index is 572. The molecule has 0 aliphatic heterocycles. The van der Waals surface area contributed by atoms with E-state index in [2.05, 4.69) is 5.32 Å². The lowest BCUT2D eigenvalue weighted by molar-refractivity contribution is 0.520. The van der Waals surface area contributed by atoms with Gasteiger partial charge in [-0.15, -0.1) is 0 Å². The number of anilines is 1. The number of furan rings is 1. The summed E-state index contributed by atoms with van der Waals surface area (Å²) in [5.74, 6) is 0.732. The predicted octanol–water partition coefficient (Wildman–Crippen LogP) is 4.07. The summed E-state index contributed by atoms with van der Waals surface area (Å²) in [6.07, 6.45) is 0. The topological polar surface area (TPSA) is 49.0 Å². The van der Waals surface area contributed by atoms with Crippen LogP contribution >= 0.6 is 23.2 Å². The average Bonchev–Trinajstić information content (AvgIpc) is 2.73. The molecule has 0 aliphatic carbocycles. The van der Waals surface area contributed by atoms with Crippen LogP contribution in [0.25, 0.3) is 0 Å². The van der Waals surface area contributed by atoms with E-state index < -0.39 is 0 Å². The Balaban J connectivity index is 2.05. The molecule has 0 bridgehead atoms. The van der Waals surface area contributed by atoms with Gasteiger partial charge in [0.1, 0.15) is 11.8 Å². The van der Waals surface area contributed by atoms with Crippen molar-refractivity contribution in [3.05, 3.63) is 51.9 Å². The Morgan fingerprint density at radius 3 is 2.65 bits per heavy atom. The molecule has 17 heavy (non-hydrogen) atoms. The molecule has 2 aromatic rings. The van der Waals surface area contributed by atoms with E-state index in [-0.39, 0.29) is 0 Å². The van der Waals surface area contributed by atoms with Gasteiger partial charge in [0.05, 0.1) is 17.1 Å². The number of nitrogens with one attached hydrogen (secondary N) is 1. The number of nitriles is 1. The minimum Gasteiger partial charge on any atom is -0.448 e.